The molecule has 0 radical (unpaired) electrons. The second-order valence-corrected chi connectivity index (χ2v) is 6.07. The van der Waals surface area contributed by atoms with Crippen LogP contribution in [0.3, 0.4) is 0 Å². The van der Waals surface area contributed by atoms with Crippen LogP contribution in [0.15, 0.2) is 24.3 Å². The minimum absolute atomic E-state index is 0.0150. The number of carbonyl (C=O) groups is 1. The molecule has 0 fully saturated rings. The molecule has 0 aliphatic heterocycles. The van der Waals surface area contributed by atoms with Crippen LogP contribution in [-0.2, 0) is 4.79 Å². The molecule has 0 unspecified atom stereocenters. The van der Waals surface area contributed by atoms with Gasteiger partial charge in [0.15, 0.2) is 0 Å². The molecule has 0 aromatic rings. The predicted octanol–water partition coefficient (Wildman–Crippen LogP) is 5.94. The van der Waals surface area contributed by atoms with Crippen LogP contribution in [0.4, 0.5) is 0 Å². The van der Waals surface area contributed by atoms with Crippen LogP contribution >= 0.6 is 0 Å². The van der Waals surface area contributed by atoms with Gasteiger partial charge in [-0.05, 0) is 13.3 Å². The first-order valence-corrected chi connectivity index (χ1v) is 9.38. The largest absolute Gasteiger partial charge is 0.353 e. The van der Waals surface area contributed by atoms with Crippen LogP contribution in [0.2, 0.25) is 0 Å². The van der Waals surface area contributed by atoms with Crippen molar-refractivity contribution in [3.63, 3.8) is 0 Å². The molecule has 1 amide bonds. The molecule has 0 atom stereocenters. The van der Waals surface area contributed by atoms with Crippen molar-refractivity contribution in [3.8, 4) is 0 Å². The van der Waals surface area contributed by atoms with Gasteiger partial charge in [-0.3, -0.25) is 4.79 Å². The van der Waals surface area contributed by atoms with Gasteiger partial charge in [0.25, 0.3) is 0 Å². The molecule has 0 aromatic heterocycles. The molecule has 0 bridgehead atoms. The lowest BCUT2D eigenvalue weighted by Gasteiger charge is -2.03. The highest BCUT2D eigenvalue weighted by molar-refractivity contribution is 5.87. The quantitative estimate of drug-likeness (QED) is 0.226. The molecule has 22 heavy (non-hydrogen) atoms. The summed E-state index contributed by atoms with van der Waals surface area (Å²) in [6.45, 7) is 5.01. The molecule has 0 spiro atoms. The van der Waals surface area contributed by atoms with Gasteiger partial charge in [-0.1, -0.05) is 95.8 Å². The number of carbonyl (C=O) groups excluding carboxylic acids is 1. The summed E-state index contributed by atoms with van der Waals surface area (Å²) in [5.41, 5.74) is 0. The number of amides is 1. The van der Waals surface area contributed by atoms with Gasteiger partial charge in [0.2, 0.25) is 5.91 Å². The Hall–Kier alpha value is -1.05. The smallest absolute Gasteiger partial charge is 0.243 e. The maximum Gasteiger partial charge on any atom is 0.243 e. The zero-order valence-corrected chi connectivity index (χ0v) is 14.9. The van der Waals surface area contributed by atoms with E-state index in [1.807, 2.05) is 19.1 Å². The standard InChI is InChI=1S/C20H37NO/c1-3-5-7-8-9-10-11-12-13-14-15-17-19-21-20(22)18-16-6-4-2/h4,6,16,18H,3,5,7-15,17,19H2,1-2H3,(H,21,22)/b6-4+,18-16+. The number of rotatable bonds is 15. The first-order valence-electron chi connectivity index (χ1n) is 9.38. The van der Waals surface area contributed by atoms with Gasteiger partial charge in [-0.25, -0.2) is 0 Å². The highest BCUT2D eigenvalue weighted by Crippen LogP contribution is 2.11. The third-order valence-electron chi connectivity index (χ3n) is 3.88. The molecule has 0 aliphatic rings. The van der Waals surface area contributed by atoms with Crippen LogP contribution in [0, 0.1) is 0 Å². The minimum atomic E-state index is 0.0150. The van der Waals surface area contributed by atoms with Gasteiger partial charge in [-0.2, -0.15) is 0 Å². The van der Waals surface area contributed by atoms with E-state index in [1.165, 1.54) is 70.6 Å². The van der Waals surface area contributed by atoms with Crippen molar-refractivity contribution < 1.29 is 4.79 Å². The summed E-state index contributed by atoms with van der Waals surface area (Å²) in [5.74, 6) is 0.0150. The Labute approximate surface area is 138 Å². The molecular weight excluding hydrogens is 270 g/mol. The SMILES string of the molecule is C/C=C/C=C/C(=O)NCCCCCCCCCCCCCC. The van der Waals surface area contributed by atoms with Crippen LogP contribution in [0.5, 0.6) is 0 Å². The summed E-state index contributed by atoms with van der Waals surface area (Å²) in [4.78, 5) is 11.4. The Morgan fingerprint density at radius 3 is 1.77 bits per heavy atom. The topological polar surface area (TPSA) is 29.1 Å². The normalized spacial score (nSPS) is 11.5. The predicted molar refractivity (Wildman–Crippen MR) is 98.0 cm³/mol. The average molecular weight is 308 g/mol. The van der Waals surface area contributed by atoms with E-state index in [0.717, 1.165) is 13.0 Å². The third-order valence-corrected chi connectivity index (χ3v) is 3.88. The van der Waals surface area contributed by atoms with E-state index in [1.54, 1.807) is 12.2 Å². The van der Waals surface area contributed by atoms with E-state index in [-0.39, 0.29) is 5.91 Å². The summed E-state index contributed by atoms with van der Waals surface area (Å²) in [6.07, 6.45) is 23.3. The van der Waals surface area contributed by atoms with Gasteiger partial charge in [-0.15, -0.1) is 0 Å². The molecule has 2 heteroatoms. The van der Waals surface area contributed by atoms with E-state index in [2.05, 4.69) is 12.2 Å². The number of hydrogen-bond acceptors (Lipinski definition) is 1. The van der Waals surface area contributed by atoms with Gasteiger partial charge in [0.05, 0.1) is 0 Å². The molecule has 0 saturated carbocycles. The summed E-state index contributed by atoms with van der Waals surface area (Å²) in [6, 6.07) is 0. The number of allylic oxidation sites excluding steroid dienone is 3. The van der Waals surface area contributed by atoms with E-state index in [0.29, 0.717) is 0 Å². The molecule has 128 valence electrons. The average Bonchev–Trinajstić information content (AvgIpc) is 2.52. The molecule has 1 N–H and O–H groups in total. The summed E-state index contributed by atoms with van der Waals surface area (Å²) in [5, 5.41) is 2.92. The Bertz CT molecular complexity index is 294. The molecule has 2 nitrogen and oxygen atoms in total. The molecule has 0 aliphatic carbocycles. The highest BCUT2D eigenvalue weighted by atomic mass is 16.1. The lowest BCUT2D eigenvalue weighted by molar-refractivity contribution is -0.116. The molecule has 0 rings (SSSR count). The lowest BCUT2D eigenvalue weighted by atomic mass is 10.1. The Morgan fingerprint density at radius 1 is 0.773 bits per heavy atom. The molecular formula is C20H37NO. The zero-order valence-electron chi connectivity index (χ0n) is 14.9. The fourth-order valence-corrected chi connectivity index (χ4v) is 2.49. The maximum absolute atomic E-state index is 11.4. The summed E-state index contributed by atoms with van der Waals surface area (Å²) < 4.78 is 0. The summed E-state index contributed by atoms with van der Waals surface area (Å²) in [7, 11) is 0. The minimum Gasteiger partial charge on any atom is -0.353 e. The first-order chi connectivity index (χ1) is 10.8. The van der Waals surface area contributed by atoms with Crippen LogP contribution in [0.1, 0.15) is 90.9 Å². The van der Waals surface area contributed by atoms with Crippen molar-refractivity contribution in [2.75, 3.05) is 6.54 Å². The van der Waals surface area contributed by atoms with Crippen LogP contribution in [-0.4, -0.2) is 12.5 Å². The monoisotopic (exact) mass is 307 g/mol. The van der Waals surface area contributed by atoms with Crippen LogP contribution < -0.4 is 5.32 Å². The fraction of sp³-hybridized carbons (Fsp3) is 0.750. The van der Waals surface area contributed by atoms with Gasteiger partial charge >= 0.3 is 0 Å². The van der Waals surface area contributed by atoms with Gasteiger partial charge in [0, 0.05) is 12.6 Å². The Morgan fingerprint density at radius 2 is 1.27 bits per heavy atom. The van der Waals surface area contributed by atoms with E-state index in [9.17, 15) is 4.79 Å². The second kappa shape index (κ2) is 18.0. The Balaban J connectivity index is 3.15. The van der Waals surface area contributed by atoms with Crippen molar-refractivity contribution in [2.24, 2.45) is 0 Å². The van der Waals surface area contributed by atoms with Gasteiger partial charge < -0.3 is 5.32 Å². The van der Waals surface area contributed by atoms with Crippen molar-refractivity contribution in [3.05, 3.63) is 24.3 Å². The van der Waals surface area contributed by atoms with Crippen LogP contribution in [0.25, 0.3) is 0 Å². The number of hydrogen-bond donors (Lipinski definition) is 1. The summed E-state index contributed by atoms with van der Waals surface area (Å²) >= 11 is 0. The first kappa shape index (κ1) is 20.9. The number of nitrogens with one attached hydrogen (secondary N) is 1. The third kappa shape index (κ3) is 17.0. The fourth-order valence-electron chi connectivity index (χ4n) is 2.49. The molecule has 0 saturated heterocycles. The van der Waals surface area contributed by atoms with Crippen molar-refractivity contribution in [2.45, 2.75) is 90.9 Å². The van der Waals surface area contributed by atoms with Crippen molar-refractivity contribution in [1.82, 2.24) is 5.32 Å². The van der Waals surface area contributed by atoms with Gasteiger partial charge in [0.1, 0.15) is 0 Å². The number of unbranched alkanes of at least 4 members (excludes halogenated alkanes) is 11. The Kier molecular flexibility index (Phi) is 17.1. The van der Waals surface area contributed by atoms with Crippen molar-refractivity contribution in [1.29, 1.82) is 0 Å². The van der Waals surface area contributed by atoms with E-state index in [4.69, 9.17) is 0 Å². The highest BCUT2D eigenvalue weighted by Gasteiger charge is 1.95. The molecule has 0 aromatic carbocycles. The van der Waals surface area contributed by atoms with E-state index >= 15 is 0 Å². The second-order valence-electron chi connectivity index (χ2n) is 6.07. The van der Waals surface area contributed by atoms with Crippen molar-refractivity contribution >= 4 is 5.91 Å². The molecule has 0 heterocycles. The maximum atomic E-state index is 11.4. The zero-order chi connectivity index (χ0) is 16.3. The van der Waals surface area contributed by atoms with E-state index < -0.39 is 0 Å². The lowest BCUT2D eigenvalue weighted by Crippen LogP contribution is -2.21.